The average molecular weight is 218 g/mol. The lowest BCUT2D eigenvalue weighted by Gasteiger charge is -2.17. The fourth-order valence-corrected chi connectivity index (χ4v) is 2.10. The lowest BCUT2D eigenvalue weighted by molar-refractivity contribution is -0.137. The second-order valence-corrected chi connectivity index (χ2v) is 4.99. The molecule has 0 bridgehead atoms. The highest BCUT2D eigenvalue weighted by Gasteiger charge is 2.43. The van der Waals surface area contributed by atoms with E-state index in [-0.39, 0.29) is 5.97 Å². The van der Waals surface area contributed by atoms with Gasteiger partial charge in [-0.3, -0.25) is 4.79 Å². The Kier molecular flexibility index (Phi) is 2.53. The molecule has 1 aromatic rings. The second-order valence-electron chi connectivity index (χ2n) is 4.99. The number of benzene rings is 1. The molecule has 0 fully saturated rings. The Morgan fingerprint density at radius 2 is 2.06 bits per heavy atom. The van der Waals surface area contributed by atoms with Crippen LogP contribution in [0.15, 0.2) is 18.2 Å². The SMILES string of the molecule is CCC1(C)C(=O)Oc2cc(C(C)C)ccc21. The Morgan fingerprint density at radius 3 is 2.62 bits per heavy atom. The molecule has 1 atom stereocenters. The monoisotopic (exact) mass is 218 g/mol. The van der Waals surface area contributed by atoms with E-state index in [2.05, 4.69) is 19.9 Å². The van der Waals surface area contributed by atoms with Gasteiger partial charge in [0, 0.05) is 5.56 Å². The fraction of sp³-hybridized carbons (Fsp3) is 0.500. The Balaban J connectivity index is 2.51. The van der Waals surface area contributed by atoms with Crippen molar-refractivity contribution >= 4 is 5.97 Å². The van der Waals surface area contributed by atoms with Crippen molar-refractivity contribution in [2.45, 2.75) is 45.4 Å². The number of fused-ring (bicyclic) bond motifs is 1. The summed E-state index contributed by atoms with van der Waals surface area (Å²) in [6, 6.07) is 6.14. The molecule has 0 N–H and O–H groups in total. The molecular weight excluding hydrogens is 200 g/mol. The van der Waals surface area contributed by atoms with E-state index in [1.54, 1.807) is 0 Å². The summed E-state index contributed by atoms with van der Waals surface area (Å²) >= 11 is 0. The van der Waals surface area contributed by atoms with Crippen molar-refractivity contribution in [3.05, 3.63) is 29.3 Å². The van der Waals surface area contributed by atoms with E-state index in [0.717, 1.165) is 17.7 Å². The number of carbonyl (C=O) groups is 1. The number of esters is 1. The van der Waals surface area contributed by atoms with Gasteiger partial charge in [0.2, 0.25) is 0 Å². The van der Waals surface area contributed by atoms with Crippen molar-refractivity contribution in [1.82, 2.24) is 0 Å². The number of hydrogen-bond acceptors (Lipinski definition) is 2. The third-order valence-corrected chi connectivity index (χ3v) is 3.63. The highest BCUT2D eigenvalue weighted by atomic mass is 16.5. The molecule has 1 aromatic carbocycles. The van der Waals surface area contributed by atoms with E-state index in [1.165, 1.54) is 5.56 Å². The molecular formula is C14H18O2. The first kappa shape index (κ1) is 11.2. The van der Waals surface area contributed by atoms with Crippen molar-refractivity contribution in [2.75, 3.05) is 0 Å². The maximum absolute atomic E-state index is 11.8. The van der Waals surface area contributed by atoms with Crippen LogP contribution in [-0.2, 0) is 10.2 Å². The van der Waals surface area contributed by atoms with E-state index >= 15 is 0 Å². The first-order valence-corrected chi connectivity index (χ1v) is 5.85. The van der Waals surface area contributed by atoms with E-state index in [1.807, 2.05) is 26.0 Å². The summed E-state index contributed by atoms with van der Waals surface area (Å²) in [7, 11) is 0. The predicted octanol–water partition coefficient (Wildman–Crippen LogP) is 3.40. The summed E-state index contributed by atoms with van der Waals surface area (Å²) in [5.41, 5.74) is 1.79. The molecule has 2 nitrogen and oxygen atoms in total. The highest BCUT2D eigenvalue weighted by molar-refractivity contribution is 5.90. The highest BCUT2D eigenvalue weighted by Crippen LogP contribution is 2.42. The van der Waals surface area contributed by atoms with Crippen molar-refractivity contribution in [1.29, 1.82) is 0 Å². The third kappa shape index (κ3) is 1.44. The molecule has 0 aliphatic carbocycles. The number of rotatable bonds is 2. The summed E-state index contributed by atoms with van der Waals surface area (Å²) in [6.07, 6.45) is 0.778. The van der Waals surface area contributed by atoms with Crippen molar-refractivity contribution in [3.63, 3.8) is 0 Å². The van der Waals surface area contributed by atoms with Gasteiger partial charge in [-0.05, 0) is 30.9 Å². The molecule has 0 radical (unpaired) electrons. The average Bonchev–Trinajstić information content (AvgIpc) is 2.51. The lowest BCUT2D eigenvalue weighted by atomic mass is 9.81. The fourth-order valence-electron chi connectivity index (χ4n) is 2.10. The van der Waals surface area contributed by atoms with Crippen molar-refractivity contribution in [3.8, 4) is 5.75 Å². The summed E-state index contributed by atoms with van der Waals surface area (Å²) in [5.74, 6) is 1.09. The molecule has 16 heavy (non-hydrogen) atoms. The Morgan fingerprint density at radius 1 is 1.38 bits per heavy atom. The topological polar surface area (TPSA) is 26.3 Å². The van der Waals surface area contributed by atoms with Crippen LogP contribution in [0, 0.1) is 0 Å². The molecule has 1 aliphatic rings. The van der Waals surface area contributed by atoms with Gasteiger partial charge in [0.05, 0.1) is 5.41 Å². The van der Waals surface area contributed by atoms with Gasteiger partial charge in [0.15, 0.2) is 0 Å². The summed E-state index contributed by atoms with van der Waals surface area (Å²) in [6.45, 7) is 8.25. The van der Waals surface area contributed by atoms with Gasteiger partial charge in [0.1, 0.15) is 5.75 Å². The smallest absolute Gasteiger partial charge is 0.321 e. The van der Waals surface area contributed by atoms with E-state index < -0.39 is 5.41 Å². The zero-order valence-corrected chi connectivity index (χ0v) is 10.3. The standard InChI is InChI=1S/C14H18O2/c1-5-14(4)11-7-6-10(9(2)3)8-12(11)16-13(14)15/h6-9H,5H2,1-4H3. The van der Waals surface area contributed by atoms with Crippen LogP contribution in [0.25, 0.3) is 0 Å². The van der Waals surface area contributed by atoms with Crippen LogP contribution in [0.1, 0.15) is 51.2 Å². The zero-order valence-electron chi connectivity index (χ0n) is 10.3. The largest absolute Gasteiger partial charge is 0.426 e. The van der Waals surface area contributed by atoms with Gasteiger partial charge in [-0.2, -0.15) is 0 Å². The molecule has 0 saturated heterocycles. The second kappa shape index (κ2) is 3.62. The number of carbonyl (C=O) groups excluding carboxylic acids is 1. The molecule has 1 aliphatic heterocycles. The van der Waals surface area contributed by atoms with Gasteiger partial charge in [0.25, 0.3) is 0 Å². The van der Waals surface area contributed by atoms with Crippen LogP contribution in [0.2, 0.25) is 0 Å². The van der Waals surface area contributed by atoms with Gasteiger partial charge < -0.3 is 4.74 Å². The minimum Gasteiger partial charge on any atom is -0.426 e. The molecule has 86 valence electrons. The molecule has 0 aromatic heterocycles. The molecule has 1 unspecified atom stereocenters. The molecule has 0 amide bonds. The maximum Gasteiger partial charge on any atom is 0.321 e. The zero-order chi connectivity index (χ0) is 11.9. The minimum atomic E-state index is -0.454. The first-order valence-electron chi connectivity index (χ1n) is 5.85. The molecule has 1 heterocycles. The maximum atomic E-state index is 11.8. The first-order chi connectivity index (χ1) is 7.49. The van der Waals surface area contributed by atoms with Crippen LogP contribution in [0.4, 0.5) is 0 Å². The summed E-state index contributed by atoms with van der Waals surface area (Å²) < 4.78 is 5.37. The Bertz CT molecular complexity index is 434. The van der Waals surface area contributed by atoms with Crippen LogP contribution >= 0.6 is 0 Å². The molecule has 2 rings (SSSR count). The molecule has 0 spiro atoms. The Hall–Kier alpha value is -1.31. The van der Waals surface area contributed by atoms with Crippen molar-refractivity contribution < 1.29 is 9.53 Å². The van der Waals surface area contributed by atoms with Gasteiger partial charge in [-0.15, -0.1) is 0 Å². The third-order valence-electron chi connectivity index (χ3n) is 3.63. The normalized spacial score (nSPS) is 23.4. The quantitative estimate of drug-likeness (QED) is 0.561. The van der Waals surface area contributed by atoms with Gasteiger partial charge in [-0.1, -0.05) is 32.9 Å². The summed E-state index contributed by atoms with van der Waals surface area (Å²) in [5, 5.41) is 0. The minimum absolute atomic E-state index is 0.120. The lowest BCUT2D eigenvalue weighted by Crippen LogP contribution is -2.29. The number of hydrogen-bond donors (Lipinski definition) is 0. The Labute approximate surface area is 96.6 Å². The van der Waals surface area contributed by atoms with Crippen LogP contribution in [0.3, 0.4) is 0 Å². The van der Waals surface area contributed by atoms with Crippen LogP contribution in [0.5, 0.6) is 5.75 Å². The van der Waals surface area contributed by atoms with Gasteiger partial charge in [-0.25, -0.2) is 0 Å². The van der Waals surface area contributed by atoms with E-state index in [0.29, 0.717) is 5.92 Å². The van der Waals surface area contributed by atoms with Crippen molar-refractivity contribution in [2.24, 2.45) is 0 Å². The predicted molar refractivity (Wildman–Crippen MR) is 63.8 cm³/mol. The van der Waals surface area contributed by atoms with E-state index in [4.69, 9.17) is 4.74 Å². The number of ether oxygens (including phenoxy) is 1. The summed E-state index contributed by atoms with van der Waals surface area (Å²) in [4.78, 5) is 11.8. The van der Waals surface area contributed by atoms with Gasteiger partial charge >= 0.3 is 5.97 Å². The molecule has 0 saturated carbocycles. The van der Waals surface area contributed by atoms with Crippen LogP contribution < -0.4 is 4.74 Å². The van der Waals surface area contributed by atoms with E-state index in [9.17, 15) is 4.79 Å². The van der Waals surface area contributed by atoms with Crippen LogP contribution in [-0.4, -0.2) is 5.97 Å². The molecule has 2 heteroatoms.